The number of aliphatic hydroxyl groups is 1. The van der Waals surface area contributed by atoms with Crippen LogP contribution in [0.4, 0.5) is 0 Å². The number of likely N-dealkylation sites (N-methyl/N-ethyl adjacent to an activating group) is 2. The highest BCUT2D eigenvalue weighted by Gasteiger charge is 2.34. The normalized spacial score (nSPS) is 18.9. The Hall–Kier alpha value is -3.17. The summed E-state index contributed by atoms with van der Waals surface area (Å²) in [7, 11) is 7.05. The number of nitrogens with zero attached hydrogens (tertiary/aromatic N) is 4. The monoisotopic (exact) mass is 484 g/mol. The molecule has 0 fully saturated rings. The molecule has 3 rings (SSSR count). The molecule has 3 atom stereocenters. The van der Waals surface area contributed by atoms with E-state index in [0.29, 0.717) is 30.9 Å². The molecule has 0 unspecified atom stereocenters. The lowest BCUT2D eigenvalue weighted by Gasteiger charge is -2.37. The molecule has 1 aliphatic heterocycles. The third kappa shape index (κ3) is 6.29. The molecule has 35 heavy (non-hydrogen) atoms. The lowest BCUT2D eigenvalue weighted by Crippen LogP contribution is -2.51. The Balaban J connectivity index is 2.00. The fraction of sp³-hybridized carbons (Fsp3) is 0.500. The van der Waals surface area contributed by atoms with Crippen molar-refractivity contribution < 1.29 is 24.2 Å². The lowest BCUT2D eigenvalue weighted by atomic mass is 9.99. The van der Waals surface area contributed by atoms with E-state index in [9.17, 15) is 14.7 Å². The zero-order chi connectivity index (χ0) is 25.7. The molecule has 1 aromatic carbocycles. The minimum absolute atomic E-state index is 0.0222. The summed E-state index contributed by atoms with van der Waals surface area (Å²) in [6, 6.07) is 8.91. The van der Waals surface area contributed by atoms with Crippen LogP contribution in [0.5, 0.6) is 11.6 Å². The Kier molecular flexibility index (Phi) is 8.69. The average molecular weight is 485 g/mol. The number of hydrogen-bond donors (Lipinski definition) is 1. The van der Waals surface area contributed by atoms with E-state index in [1.165, 1.54) is 0 Å². The standard InChI is InChI=1S/C26H36N4O5/c1-17-13-30(18(2)16-31)26(33)22-11-20(19-8-7-9-21(10-19)34-6)12-27-25(22)35-23(17)14-29(5)24(32)15-28(3)4/h7-12,17-18,23,31H,13-16H2,1-6H3/t17-,18+,23+/m0/s1. The third-order valence-electron chi connectivity index (χ3n) is 6.26. The molecular weight excluding hydrogens is 448 g/mol. The second kappa shape index (κ2) is 11.5. The minimum Gasteiger partial charge on any atom is -0.497 e. The van der Waals surface area contributed by atoms with Crippen molar-refractivity contribution in [2.75, 3.05) is 54.5 Å². The molecule has 9 nitrogen and oxygen atoms in total. The maximum atomic E-state index is 13.6. The van der Waals surface area contributed by atoms with Crippen LogP contribution in [0.15, 0.2) is 36.5 Å². The maximum absolute atomic E-state index is 13.6. The molecule has 0 spiro atoms. The number of benzene rings is 1. The van der Waals surface area contributed by atoms with Gasteiger partial charge in [0.15, 0.2) is 0 Å². The predicted molar refractivity (Wildman–Crippen MR) is 134 cm³/mol. The quantitative estimate of drug-likeness (QED) is 0.612. The van der Waals surface area contributed by atoms with E-state index in [1.807, 2.05) is 57.1 Å². The van der Waals surface area contributed by atoms with Crippen LogP contribution in [0.3, 0.4) is 0 Å². The second-order valence-corrected chi connectivity index (χ2v) is 9.44. The van der Waals surface area contributed by atoms with Gasteiger partial charge in [-0.3, -0.25) is 9.59 Å². The van der Waals surface area contributed by atoms with E-state index in [4.69, 9.17) is 9.47 Å². The fourth-order valence-electron chi connectivity index (χ4n) is 4.04. The SMILES string of the molecule is COc1cccc(-c2cnc3c(c2)C(=O)N([C@H](C)CO)C[C@H](C)[C@@H](CN(C)C(=O)CN(C)C)O3)c1. The zero-order valence-electron chi connectivity index (χ0n) is 21.4. The Labute approximate surface area is 207 Å². The Bertz CT molecular complexity index is 1040. The van der Waals surface area contributed by atoms with Gasteiger partial charge in [-0.2, -0.15) is 0 Å². The number of ether oxygens (including phenoxy) is 2. The molecule has 2 aromatic rings. The fourth-order valence-corrected chi connectivity index (χ4v) is 4.04. The van der Waals surface area contributed by atoms with Crippen LogP contribution in [0.25, 0.3) is 11.1 Å². The van der Waals surface area contributed by atoms with Crippen molar-refractivity contribution in [3.05, 3.63) is 42.1 Å². The molecule has 0 bridgehead atoms. The van der Waals surface area contributed by atoms with Gasteiger partial charge >= 0.3 is 0 Å². The van der Waals surface area contributed by atoms with Crippen LogP contribution in [0.1, 0.15) is 24.2 Å². The number of aliphatic hydroxyl groups excluding tert-OH is 1. The van der Waals surface area contributed by atoms with Crippen LogP contribution in [-0.2, 0) is 4.79 Å². The number of fused-ring (bicyclic) bond motifs is 1. The molecule has 1 aliphatic rings. The molecule has 0 aliphatic carbocycles. The molecule has 0 saturated carbocycles. The van der Waals surface area contributed by atoms with E-state index >= 15 is 0 Å². The van der Waals surface area contributed by atoms with Gasteiger partial charge in [-0.1, -0.05) is 19.1 Å². The second-order valence-electron chi connectivity index (χ2n) is 9.44. The summed E-state index contributed by atoms with van der Waals surface area (Å²) >= 11 is 0. The molecule has 190 valence electrons. The van der Waals surface area contributed by atoms with Gasteiger partial charge < -0.3 is 29.3 Å². The van der Waals surface area contributed by atoms with Gasteiger partial charge in [0.25, 0.3) is 5.91 Å². The van der Waals surface area contributed by atoms with E-state index in [-0.39, 0.29) is 42.4 Å². The van der Waals surface area contributed by atoms with Crippen LogP contribution in [0.2, 0.25) is 0 Å². The first kappa shape index (κ1) is 26.4. The Morgan fingerprint density at radius 2 is 2.03 bits per heavy atom. The van der Waals surface area contributed by atoms with Crippen molar-refractivity contribution in [2.45, 2.75) is 26.0 Å². The van der Waals surface area contributed by atoms with Gasteiger partial charge in [-0.05, 0) is 44.8 Å². The van der Waals surface area contributed by atoms with Crippen LogP contribution >= 0.6 is 0 Å². The summed E-state index contributed by atoms with van der Waals surface area (Å²) in [5.41, 5.74) is 1.93. The number of carbonyl (C=O) groups is 2. The third-order valence-corrected chi connectivity index (χ3v) is 6.26. The molecule has 9 heteroatoms. The highest BCUT2D eigenvalue weighted by Crippen LogP contribution is 2.31. The van der Waals surface area contributed by atoms with Crippen molar-refractivity contribution in [3.63, 3.8) is 0 Å². The molecule has 0 saturated heterocycles. The van der Waals surface area contributed by atoms with E-state index in [2.05, 4.69) is 4.98 Å². The van der Waals surface area contributed by atoms with Gasteiger partial charge in [0.05, 0.1) is 32.8 Å². The van der Waals surface area contributed by atoms with Gasteiger partial charge in [0, 0.05) is 31.3 Å². The van der Waals surface area contributed by atoms with Crippen molar-refractivity contribution in [1.29, 1.82) is 0 Å². The zero-order valence-corrected chi connectivity index (χ0v) is 21.4. The first-order valence-electron chi connectivity index (χ1n) is 11.8. The van der Waals surface area contributed by atoms with Crippen LogP contribution in [0, 0.1) is 5.92 Å². The molecule has 0 radical (unpaired) electrons. The van der Waals surface area contributed by atoms with Crippen LogP contribution in [-0.4, -0.2) is 103 Å². The van der Waals surface area contributed by atoms with Gasteiger partial charge in [0.1, 0.15) is 17.4 Å². The number of carbonyl (C=O) groups excluding carboxylic acids is 2. The maximum Gasteiger partial charge on any atom is 0.259 e. The molecular formula is C26H36N4O5. The first-order valence-corrected chi connectivity index (χ1v) is 11.8. The van der Waals surface area contributed by atoms with E-state index in [0.717, 1.165) is 11.1 Å². The number of amides is 2. The van der Waals surface area contributed by atoms with Gasteiger partial charge in [-0.25, -0.2) is 4.98 Å². The van der Waals surface area contributed by atoms with Crippen molar-refractivity contribution in [2.24, 2.45) is 5.92 Å². The Morgan fingerprint density at radius 1 is 1.29 bits per heavy atom. The Morgan fingerprint density at radius 3 is 2.69 bits per heavy atom. The largest absolute Gasteiger partial charge is 0.497 e. The summed E-state index contributed by atoms with van der Waals surface area (Å²) < 4.78 is 11.6. The highest BCUT2D eigenvalue weighted by molar-refractivity contribution is 5.98. The van der Waals surface area contributed by atoms with Gasteiger partial charge in [0.2, 0.25) is 11.8 Å². The summed E-state index contributed by atoms with van der Waals surface area (Å²) in [6.45, 7) is 4.65. The van der Waals surface area contributed by atoms with Crippen molar-refractivity contribution >= 4 is 11.8 Å². The highest BCUT2D eigenvalue weighted by atomic mass is 16.5. The number of pyridine rings is 1. The van der Waals surface area contributed by atoms with Crippen molar-refractivity contribution in [3.8, 4) is 22.8 Å². The summed E-state index contributed by atoms with van der Waals surface area (Å²) in [5.74, 6) is 0.552. The number of methoxy groups -OCH3 is 1. The van der Waals surface area contributed by atoms with Crippen molar-refractivity contribution in [1.82, 2.24) is 19.7 Å². The number of rotatable bonds is 8. The molecule has 1 N–H and O–H groups in total. The topological polar surface area (TPSA) is 95.4 Å². The molecule has 2 amide bonds. The average Bonchev–Trinajstić information content (AvgIpc) is 2.84. The molecule has 1 aromatic heterocycles. The number of hydrogen-bond acceptors (Lipinski definition) is 7. The number of aromatic nitrogens is 1. The minimum atomic E-state index is -0.387. The van der Waals surface area contributed by atoms with Crippen LogP contribution < -0.4 is 9.47 Å². The summed E-state index contributed by atoms with van der Waals surface area (Å²) in [5, 5.41) is 9.85. The van der Waals surface area contributed by atoms with Gasteiger partial charge in [-0.15, -0.1) is 0 Å². The summed E-state index contributed by atoms with van der Waals surface area (Å²) in [4.78, 5) is 35.8. The smallest absolute Gasteiger partial charge is 0.259 e. The molecule has 2 heterocycles. The summed E-state index contributed by atoms with van der Waals surface area (Å²) in [6.07, 6.45) is 1.28. The lowest BCUT2D eigenvalue weighted by molar-refractivity contribution is -0.132. The van der Waals surface area contributed by atoms with E-state index in [1.54, 1.807) is 36.2 Å². The first-order chi connectivity index (χ1) is 16.6. The van der Waals surface area contributed by atoms with E-state index < -0.39 is 0 Å². The predicted octanol–water partition coefficient (Wildman–Crippen LogP) is 2.00.